The molecule has 0 bridgehead atoms. The molecule has 0 saturated carbocycles. The van der Waals surface area contributed by atoms with Crippen LogP contribution < -0.4 is 4.90 Å². The first-order valence-electron chi connectivity index (χ1n) is 6.80. The lowest BCUT2D eigenvalue weighted by Crippen LogP contribution is -2.29. The molecule has 0 amide bonds. The van der Waals surface area contributed by atoms with Crippen molar-refractivity contribution in [3.05, 3.63) is 35.5 Å². The topological polar surface area (TPSA) is 21.1 Å². The summed E-state index contributed by atoms with van der Waals surface area (Å²) in [6.45, 7) is 2.12. The molecule has 0 radical (unpaired) electrons. The molecule has 1 saturated heterocycles. The second kappa shape index (κ2) is 5.25. The van der Waals surface area contributed by atoms with Gasteiger partial charge in [-0.2, -0.15) is 0 Å². The van der Waals surface area contributed by atoms with Crippen molar-refractivity contribution in [1.29, 1.82) is 0 Å². The lowest BCUT2D eigenvalue weighted by molar-refractivity contribution is 0.574. The molecule has 0 unspecified atom stereocenters. The predicted octanol–water partition coefficient (Wildman–Crippen LogP) is 3.73. The van der Waals surface area contributed by atoms with Gasteiger partial charge in [-0.05, 0) is 19.3 Å². The molecule has 3 rings (SSSR count). The molecule has 1 aliphatic rings. The highest BCUT2D eigenvalue weighted by Gasteiger charge is 2.20. The molecule has 2 heterocycles. The van der Waals surface area contributed by atoms with E-state index in [1.165, 1.54) is 19.3 Å². The third kappa shape index (κ3) is 2.35. The summed E-state index contributed by atoms with van der Waals surface area (Å²) < 4.78 is 1.97. The zero-order chi connectivity index (χ0) is 13.2. The maximum absolute atomic E-state index is 6.46. The Balaban J connectivity index is 1.99. The van der Waals surface area contributed by atoms with E-state index in [0.29, 0.717) is 0 Å². The van der Waals surface area contributed by atoms with E-state index in [1.807, 2.05) is 29.8 Å². The molecule has 1 aromatic carbocycles. The Kier molecular flexibility index (Phi) is 3.47. The number of hydrogen-bond acceptors (Lipinski definition) is 2. The average molecular weight is 276 g/mol. The minimum atomic E-state index is 0.737. The summed E-state index contributed by atoms with van der Waals surface area (Å²) in [7, 11) is 1.98. The van der Waals surface area contributed by atoms with Gasteiger partial charge in [-0.3, -0.25) is 0 Å². The lowest BCUT2D eigenvalue weighted by Gasteiger charge is -2.26. The van der Waals surface area contributed by atoms with Crippen molar-refractivity contribution < 1.29 is 0 Å². The molecule has 1 aliphatic heterocycles. The molecule has 19 heavy (non-hydrogen) atoms. The Morgan fingerprint density at radius 2 is 1.74 bits per heavy atom. The van der Waals surface area contributed by atoms with Gasteiger partial charge in [0.15, 0.2) is 11.0 Å². The predicted molar refractivity (Wildman–Crippen MR) is 79.7 cm³/mol. The van der Waals surface area contributed by atoms with Crippen molar-refractivity contribution >= 4 is 17.4 Å². The van der Waals surface area contributed by atoms with Crippen LogP contribution in [-0.4, -0.2) is 22.6 Å². The van der Waals surface area contributed by atoms with Gasteiger partial charge in [0.05, 0.1) is 0 Å². The Bertz CT molecular complexity index is 556. The summed E-state index contributed by atoms with van der Waals surface area (Å²) in [5, 5.41) is 0.737. The highest BCUT2D eigenvalue weighted by Crippen LogP contribution is 2.32. The van der Waals surface area contributed by atoms with E-state index in [4.69, 9.17) is 16.6 Å². The van der Waals surface area contributed by atoms with Crippen LogP contribution >= 0.6 is 11.6 Å². The smallest absolute Gasteiger partial charge is 0.167 e. The number of rotatable bonds is 2. The van der Waals surface area contributed by atoms with Crippen LogP contribution in [0, 0.1) is 0 Å². The van der Waals surface area contributed by atoms with Crippen LogP contribution in [-0.2, 0) is 7.05 Å². The summed E-state index contributed by atoms with van der Waals surface area (Å²) in [6, 6.07) is 10.2. The second-order valence-corrected chi connectivity index (χ2v) is 5.38. The van der Waals surface area contributed by atoms with Gasteiger partial charge in [-0.1, -0.05) is 41.9 Å². The quantitative estimate of drug-likeness (QED) is 0.833. The fourth-order valence-electron chi connectivity index (χ4n) is 2.62. The van der Waals surface area contributed by atoms with E-state index in [-0.39, 0.29) is 0 Å². The van der Waals surface area contributed by atoms with Crippen LogP contribution in [0.5, 0.6) is 0 Å². The van der Waals surface area contributed by atoms with Crippen LogP contribution in [0.25, 0.3) is 11.4 Å². The van der Waals surface area contributed by atoms with Crippen LogP contribution in [0.3, 0.4) is 0 Å². The van der Waals surface area contributed by atoms with Crippen molar-refractivity contribution in [2.24, 2.45) is 7.05 Å². The third-order valence-corrected chi connectivity index (χ3v) is 4.12. The summed E-state index contributed by atoms with van der Waals surface area (Å²) in [6.07, 6.45) is 3.77. The van der Waals surface area contributed by atoms with Gasteiger partial charge in [0, 0.05) is 25.7 Å². The molecule has 0 aliphatic carbocycles. The fourth-order valence-corrected chi connectivity index (χ4v) is 2.86. The van der Waals surface area contributed by atoms with Crippen molar-refractivity contribution in [2.45, 2.75) is 19.3 Å². The van der Waals surface area contributed by atoms with E-state index >= 15 is 0 Å². The van der Waals surface area contributed by atoms with Gasteiger partial charge in [-0.25, -0.2) is 4.98 Å². The summed E-state index contributed by atoms with van der Waals surface area (Å²) in [5.74, 6) is 1.87. The zero-order valence-corrected chi connectivity index (χ0v) is 11.9. The third-order valence-electron chi connectivity index (χ3n) is 3.70. The number of halogens is 1. The Labute approximate surface area is 118 Å². The first kappa shape index (κ1) is 12.5. The molecule has 2 aromatic rings. The van der Waals surface area contributed by atoms with E-state index in [1.54, 1.807) is 0 Å². The molecule has 1 aromatic heterocycles. The van der Waals surface area contributed by atoms with E-state index in [9.17, 15) is 0 Å². The number of anilines is 1. The molecule has 0 spiro atoms. The van der Waals surface area contributed by atoms with Gasteiger partial charge in [-0.15, -0.1) is 0 Å². The van der Waals surface area contributed by atoms with Crippen LogP contribution in [0.1, 0.15) is 19.3 Å². The lowest BCUT2D eigenvalue weighted by atomic mass is 10.1. The number of hydrogen-bond donors (Lipinski definition) is 0. The van der Waals surface area contributed by atoms with Crippen molar-refractivity contribution in [2.75, 3.05) is 18.0 Å². The number of imidazole rings is 1. The van der Waals surface area contributed by atoms with Crippen molar-refractivity contribution in [3.8, 4) is 11.4 Å². The highest BCUT2D eigenvalue weighted by atomic mass is 35.5. The second-order valence-electron chi connectivity index (χ2n) is 5.02. The Hall–Kier alpha value is -1.48. The fraction of sp³-hybridized carbons (Fsp3) is 0.400. The monoisotopic (exact) mass is 275 g/mol. The first-order valence-corrected chi connectivity index (χ1v) is 7.18. The molecular weight excluding hydrogens is 258 g/mol. The molecule has 1 fully saturated rings. The van der Waals surface area contributed by atoms with Gasteiger partial charge in [0.25, 0.3) is 0 Å². The average Bonchev–Trinajstić information content (AvgIpc) is 2.77. The maximum Gasteiger partial charge on any atom is 0.167 e. The Morgan fingerprint density at radius 1 is 1.05 bits per heavy atom. The van der Waals surface area contributed by atoms with Gasteiger partial charge >= 0.3 is 0 Å². The minimum absolute atomic E-state index is 0.737. The number of nitrogens with zero attached hydrogens (tertiary/aromatic N) is 3. The number of benzene rings is 1. The highest BCUT2D eigenvalue weighted by molar-refractivity contribution is 6.32. The van der Waals surface area contributed by atoms with E-state index in [0.717, 1.165) is 35.4 Å². The number of aromatic nitrogens is 2. The maximum atomic E-state index is 6.46. The summed E-state index contributed by atoms with van der Waals surface area (Å²) >= 11 is 6.46. The van der Waals surface area contributed by atoms with Gasteiger partial charge in [0.1, 0.15) is 5.82 Å². The van der Waals surface area contributed by atoms with Gasteiger partial charge < -0.3 is 9.47 Å². The minimum Gasteiger partial charge on any atom is -0.354 e. The molecule has 0 atom stereocenters. The van der Waals surface area contributed by atoms with Crippen LogP contribution in [0.2, 0.25) is 5.15 Å². The molecule has 100 valence electrons. The van der Waals surface area contributed by atoms with E-state index in [2.05, 4.69) is 17.0 Å². The van der Waals surface area contributed by atoms with E-state index < -0.39 is 0 Å². The summed E-state index contributed by atoms with van der Waals surface area (Å²) in [4.78, 5) is 7.06. The van der Waals surface area contributed by atoms with Gasteiger partial charge in [0.2, 0.25) is 0 Å². The SMILES string of the molecule is Cn1c(-c2ccccc2)nc(N2CCCCC2)c1Cl. The molecule has 0 N–H and O–H groups in total. The summed E-state index contributed by atoms with van der Waals surface area (Å²) in [5.41, 5.74) is 1.11. The molecule has 3 nitrogen and oxygen atoms in total. The Morgan fingerprint density at radius 3 is 2.42 bits per heavy atom. The van der Waals surface area contributed by atoms with Crippen molar-refractivity contribution in [1.82, 2.24) is 9.55 Å². The van der Waals surface area contributed by atoms with Crippen molar-refractivity contribution in [3.63, 3.8) is 0 Å². The number of piperidine rings is 1. The zero-order valence-electron chi connectivity index (χ0n) is 11.1. The standard InChI is InChI=1S/C15H18ClN3/c1-18-13(16)15(19-10-6-3-7-11-19)17-14(18)12-8-4-2-5-9-12/h2,4-5,8-9H,3,6-7,10-11H2,1H3. The first-order chi connectivity index (χ1) is 9.27. The normalized spacial score (nSPS) is 15.8. The molecular formula is C15H18ClN3. The van der Waals surface area contributed by atoms with Crippen LogP contribution in [0.4, 0.5) is 5.82 Å². The van der Waals surface area contributed by atoms with Crippen LogP contribution in [0.15, 0.2) is 30.3 Å². The largest absolute Gasteiger partial charge is 0.354 e. The molecule has 4 heteroatoms.